The van der Waals surface area contributed by atoms with Gasteiger partial charge in [-0.25, -0.2) is 9.97 Å². The number of hydrogen-bond acceptors (Lipinski definition) is 4. The van der Waals surface area contributed by atoms with Crippen LogP contribution in [0.1, 0.15) is 94.6 Å². The monoisotopic (exact) mass is 386 g/mol. The molecule has 4 rings (SSSR count). The lowest BCUT2D eigenvalue weighted by molar-refractivity contribution is 0.00694. The number of amides is 1. The van der Waals surface area contributed by atoms with Crippen LogP contribution in [0.4, 0.5) is 0 Å². The minimum absolute atomic E-state index is 0.184. The van der Waals surface area contributed by atoms with Gasteiger partial charge in [-0.15, -0.1) is 0 Å². The number of H-pyrrole nitrogens is 1. The highest BCUT2D eigenvalue weighted by atomic mass is 16.3. The minimum Gasteiger partial charge on any atom is -0.388 e. The molecule has 28 heavy (non-hydrogen) atoms. The van der Waals surface area contributed by atoms with Crippen LogP contribution in [0, 0.1) is 5.92 Å². The normalized spacial score (nSPS) is 19.0. The van der Waals surface area contributed by atoms with Crippen LogP contribution in [0.3, 0.4) is 0 Å². The highest BCUT2D eigenvalue weighted by molar-refractivity contribution is 6.04. The number of nitrogens with zero attached hydrogens (tertiary/aromatic N) is 2. The fourth-order valence-electron chi connectivity index (χ4n) is 4.21. The third-order valence-corrected chi connectivity index (χ3v) is 5.81. The van der Waals surface area contributed by atoms with Crippen molar-refractivity contribution in [3.05, 3.63) is 23.7 Å². The van der Waals surface area contributed by atoms with E-state index in [9.17, 15) is 9.90 Å². The topological polar surface area (TPSA) is 90.9 Å². The summed E-state index contributed by atoms with van der Waals surface area (Å²) in [6, 6.07) is -0.264. The number of hydrogen-bond donors (Lipinski definition) is 3. The lowest BCUT2D eigenvalue weighted by atomic mass is 9.77. The Morgan fingerprint density at radius 1 is 1.21 bits per heavy atom. The van der Waals surface area contributed by atoms with Crippen LogP contribution in [0.5, 0.6) is 0 Å². The molecular formula is C22H34N4O2. The molecule has 3 N–H and O–H groups in total. The Kier molecular flexibility index (Phi) is 6.38. The number of rotatable bonds is 5. The van der Waals surface area contributed by atoms with Gasteiger partial charge in [0.25, 0.3) is 5.91 Å². The molecule has 1 amide bonds. The highest BCUT2D eigenvalue weighted by Gasteiger charge is 2.36. The molecule has 0 bridgehead atoms. The average Bonchev–Trinajstić information content (AvgIpc) is 3.46. The fourth-order valence-corrected chi connectivity index (χ4v) is 4.21. The van der Waals surface area contributed by atoms with E-state index in [0.29, 0.717) is 28.6 Å². The fraction of sp³-hybridized carbons (Fsp3) is 0.682. The highest BCUT2D eigenvalue weighted by Crippen LogP contribution is 2.39. The van der Waals surface area contributed by atoms with Crippen molar-refractivity contribution in [1.82, 2.24) is 20.3 Å². The number of carbonyl (C=O) groups excluding carboxylic acids is 1. The molecule has 0 spiro atoms. The molecule has 2 aliphatic carbocycles. The maximum Gasteiger partial charge on any atom is 0.255 e. The zero-order valence-corrected chi connectivity index (χ0v) is 17.6. The van der Waals surface area contributed by atoms with Crippen molar-refractivity contribution in [2.24, 2.45) is 5.92 Å². The maximum absolute atomic E-state index is 13.0. The summed E-state index contributed by atoms with van der Waals surface area (Å²) in [7, 11) is 0. The zero-order valence-electron chi connectivity index (χ0n) is 17.6. The van der Waals surface area contributed by atoms with Crippen LogP contribution >= 0.6 is 0 Å². The number of fused-ring (bicyclic) bond motifs is 1. The number of nitrogens with one attached hydrogen (secondary N) is 2. The summed E-state index contributed by atoms with van der Waals surface area (Å²) in [4.78, 5) is 25.2. The molecule has 6 nitrogen and oxygen atoms in total. The Morgan fingerprint density at radius 3 is 2.50 bits per heavy atom. The van der Waals surface area contributed by atoms with Gasteiger partial charge in [0.1, 0.15) is 5.52 Å². The Bertz CT molecular complexity index is 798. The van der Waals surface area contributed by atoms with Crippen molar-refractivity contribution in [1.29, 1.82) is 0 Å². The number of aromatic amines is 1. The lowest BCUT2D eigenvalue weighted by Gasteiger charge is -2.38. The van der Waals surface area contributed by atoms with Crippen molar-refractivity contribution in [2.45, 2.75) is 90.2 Å². The van der Waals surface area contributed by atoms with Gasteiger partial charge in [-0.3, -0.25) is 4.79 Å². The summed E-state index contributed by atoms with van der Waals surface area (Å²) >= 11 is 0. The molecular weight excluding hydrogens is 352 g/mol. The van der Waals surface area contributed by atoms with Gasteiger partial charge < -0.3 is 15.4 Å². The van der Waals surface area contributed by atoms with Gasteiger partial charge in [0, 0.05) is 12.1 Å². The quantitative estimate of drug-likeness (QED) is 0.714. The van der Waals surface area contributed by atoms with E-state index in [1.54, 1.807) is 26.2 Å². The second kappa shape index (κ2) is 8.60. The van der Waals surface area contributed by atoms with E-state index < -0.39 is 5.60 Å². The molecule has 154 valence electrons. The largest absolute Gasteiger partial charge is 0.388 e. The van der Waals surface area contributed by atoms with Gasteiger partial charge in [-0.05, 0) is 45.4 Å². The van der Waals surface area contributed by atoms with Gasteiger partial charge in [0.05, 0.1) is 29.1 Å². The van der Waals surface area contributed by atoms with E-state index in [4.69, 9.17) is 0 Å². The van der Waals surface area contributed by atoms with Crippen molar-refractivity contribution >= 4 is 17.1 Å². The zero-order chi connectivity index (χ0) is 20.3. The molecule has 0 aromatic carbocycles. The third kappa shape index (κ3) is 4.54. The summed E-state index contributed by atoms with van der Waals surface area (Å²) in [5.41, 5.74) is 1.79. The Hall–Kier alpha value is -1.95. The summed E-state index contributed by atoms with van der Waals surface area (Å²) in [5.74, 6) is 0.617. The molecule has 2 aliphatic rings. The second-order valence-electron chi connectivity index (χ2n) is 8.47. The van der Waals surface area contributed by atoms with Crippen molar-refractivity contribution < 1.29 is 9.90 Å². The third-order valence-electron chi connectivity index (χ3n) is 5.81. The number of aliphatic hydroxyl groups is 1. The Morgan fingerprint density at radius 2 is 1.89 bits per heavy atom. The van der Waals surface area contributed by atoms with Gasteiger partial charge in [0.2, 0.25) is 0 Å². The maximum atomic E-state index is 13.0. The minimum atomic E-state index is -0.964. The van der Waals surface area contributed by atoms with E-state index in [2.05, 4.69) is 20.3 Å². The van der Waals surface area contributed by atoms with E-state index in [1.165, 1.54) is 6.42 Å². The molecule has 0 radical (unpaired) electrons. The first kappa shape index (κ1) is 20.8. The first-order valence-corrected chi connectivity index (χ1v) is 10.8. The van der Waals surface area contributed by atoms with Gasteiger partial charge in [-0.2, -0.15) is 0 Å². The molecule has 0 saturated heterocycles. The molecule has 2 aromatic heterocycles. The van der Waals surface area contributed by atoms with Crippen LogP contribution in [0.25, 0.3) is 11.2 Å². The Labute approximate surface area is 167 Å². The van der Waals surface area contributed by atoms with Gasteiger partial charge >= 0.3 is 0 Å². The molecule has 2 fully saturated rings. The average molecular weight is 387 g/mol. The molecule has 0 aliphatic heterocycles. The SMILES string of the molecule is CC.CC(C)(O)C(NC(=O)c1c[nH]c2ncc(C3CC3)nc12)C1CCCCC1. The van der Waals surface area contributed by atoms with Crippen LogP contribution in [0.2, 0.25) is 0 Å². The van der Waals surface area contributed by atoms with Crippen LogP contribution in [-0.2, 0) is 0 Å². The predicted molar refractivity (Wildman–Crippen MR) is 111 cm³/mol. The second-order valence-corrected chi connectivity index (χ2v) is 8.47. The van der Waals surface area contributed by atoms with Gasteiger partial charge in [0.15, 0.2) is 5.65 Å². The summed E-state index contributed by atoms with van der Waals surface area (Å²) in [5, 5.41) is 13.8. The summed E-state index contributed by atoms with van der Waals surface area (Å²) < 4.78 is 0. The van der Waals surface area contributed by atoms with Crippen molar-refractivity contribution in [3.63, 3.8) is 0 Å². The summed E-state index contributed by atoms with van der Waals surface area (Å²) in [6.45, 7) is 7.57. The number of aromatic nitrogens is 3. The van der Waals surface area contributed by atoms with Crippen LogP contribution < -0.4 is 5.32 Å². The van der Waals surface area contributed by atoms with Crippen LogP contribution in [-0.4, -0.2) is 37.6 Å². The van der Waals surface area contributed by atoms with E-state index in [1.807, 2.05) is 13.8 Å². The van der Waals surface area contributed by atoms with E-state index in [0.717, 1.165) is 44.2 Å². The Balaban J connectivity index is 0.00000109. The summed E-state index contributed by atoms with van der Waals surface area (Å²) in [6.07, 6.45) is 11.4. The van der Waals surface area contributed by atoms with Crippen molar-refractivity contribution in [3.8, 4) is 0 Å². The van der Waals surface area contributed by atoms with E-state index >= 15 is 0 Å². The first-order valence-electron chi connectivity index (χ1n) is 10.8. The van der Waals surface area contributed by atoms with E-state index in [-0.39, 0.29) is 11.9 Å². The molecule has 2 aromatic rings. The smallest absolute Gasteiger partial charge is 0.255 e. The molecule has 1 atom stereocenters. The molecule has 2 saturated carbocycles. The van der Waals surface area contributed by atoms with Crippen molar-refractivity contribution in [2.75, 3.05) is 0 Å². The van der Waals surface area contributed by atoms with Crippen LogP contribution in [0.15, 0.2) is 12.4 Å². The lowest BCUT2D eigenvalue weighted by Crippen LogP contribution is -2.53. The molecule has 2 heterocycles. The standard InChI is InChI=1S/C20H28N4O2.C2H6/c1-20(2,26)17(13-6-4-3-5-7-13)24-19(25)14-10-21-18-16(14)23-15(11-22-18)12-8-9-12;1-2/h10-13,17,26H,3-9H2,1-2H3,(H,21,22)(H,24,25);1-2H3. The molecule has 6 heteroatoms. The number of carbonyl (C=O) groups is 1. The first-order chi connectivity index (χ1) is 13.4. The predicted octanol–water partition coefficient (Wildman–Crippen LogP) is 4.31. The van der Waals surface area contributed by atoms with Gasteiger partial charge in [-0.1, -0.05) is 33.1 Å². The molecule has 1 unspecified atom stereocenters.